The van der Waals surface area contributed by atoms with E-state index in [0.717, 1.165) is 17.3 Å². The molecule has 78 valence electrons. The van der Waals surface area contributed by atoms with Crippen LogP contribution < -0.4 is 5.32 Å². The van der Waals surface area contributed by atoms with Gasteiger partial charge < -0.3 is 10.3 Å². The Morgan fingerprint density at radius 1 is 1.40 bits per heavy atom. The summed E-state index contributed by atoms with van der Waals surface area (Å²) < 4.78 is 0. The summed E-state index contributed by atoms with van der Waals surface area (Å²) in [5.74, 6) is -0.0794. The van der Waals surface area contributed by atoms with E-state index in [1.807, 2.05) is 12.1 Å². The largest absolute Gasteiger partial charge is 0.354 e. The Labute approximate surface area is 88.5 Å². The molecule has 3 nitrogen and oxygen atoms in total. The van der Waals surface area contributed by atoms with Crippen molar-refractivity contribution in [1.82, 2.24) is 10.3 Å². The first-order valence-electron chi connectivity index (χ1n) is 5.08. The number of rotatable bonds is 2. The maximum absolute atomic E-state index is 11.4. The zero-order valence-electron chi connectivity index (χ0n) is 8.92. The van der Waals surface area contributed by atoms with E-state index in [-0.39, 0.29) is 5.91 Å². The monoisotopic (exact) mass is 202 g/mol. The van der Waals surface area contributed by atoms with Gasteiger partial charge in [-0.05, 0) is 30.2 Å². The van der Waals surface area contributed by atoms with Gasteiger partial charge in [0.05, 0.1) is 0 Å². The van der Waals surface area contributed by atoms with Crippen LogP contribution in [0.4, 0.5) is 0 Å². The van der Waals surface area contributed by atoms with Crippen molar-refractivity contribution in [3.63, 3.8) is 0 Å². The second-order valence-corrected chi connectivity index (χ2v) is 3.54. The zero-order valence-corrected chi connectivity index (χ0v) is 8.92. The van der Waals surface area contributed by atoms with E-state index in [1.54, 1.807) is 7.05 Å². The van der Waals surface area contributed by atoms with Gasteiger partial charge in [-0.3, -0.25) is 4.79 Å². The van der Waals surface area contributed by atoms with Crippen LogP contribution in [-0.4, -0.2) is 17.9 Å². The normalized spacial score (nSPS) is 10.5. The summed E-state index contributed by atoms with van der Waals surface area (Å²) in [6, 6.07) is 8.08. The molecule has 0 radical (unpaired) electrons. The summed E-state index contributed by atoms with van der Waals surface area (Å²) in [7, 11) is 1.63. The highest BCUT2D eigenvalue weighted by atomic mass is 16.1. The molecule has 0 bridgehead atoms. The van der Waals surface area contributed by atoms with E-state index in [0.29, 0.717) is 5.69 Å². The molecule has 0 saturated heterocycles. The Kier molecular flexibility index (Phi) is 2.46. The van der Waals surface area contributed by atoms with Crippen molar-refractivity contribution in [2.24, 2.45) is 0 Å². The lowest BCUT2D eigenvalue weighted by molar-refractivity contribution is 0.0959. The summed E-state index contributed by atoms with van der Waals surface area (Å²) in [6.07, 6.45) is 1.01. The summed E-state index contributed by atoms with van der Waals surface area (Å²) >= 11 is 0. The number of aryl methyl sites for hydroxylation is 1. The van der Waals surface area contributed by atoms with Crippen LogP contribution in [0.15, 0.2) is 24.3 Å². The number of fused-ring (bicyclic) bond motifs is 1. The molecule has 15 heavy (non-hydrogen) atoms. The smallest absolute Gasteiger partial charge is 0.267 e. The lowest BCUT2D eigenvalue weighted by Crippen LogP contribution is -2.17. The van der Waals surface area contributed by atoms with Gasteiger partial charge in [0.25, 0.3) is 5.91 Å². The maximum atomic E-state index is 11.4. The first kappa shape index (κ1) is 9.77. The van der Waals surface area contributed by atoms with E-state index in [4.69, 9.17) is 0 Å². The van der Waals surface area contributed by atoms with Crippen molar-refractivity contribution < 1.29 is 4.79 Å². The molecule has 0 fully saturated rings. The molecule has 2 aromatic rings. The fourth-order valence-corrected chi connectivity index (χ4v) is 1.66. The summed E-state index contributed by atoms with van der Waals surface area (Å²) in [5, 5.41) is 3.69. The van der Waals surface area contributed by atoms with Gasteiger partial charge in [-0.2, -0.15) is 0 Å². The number of H-pyrrole nitrogens is 1. The van der Waals surface area contributed by atoms with Crippen molar-refractivity contribution >= 4 is 16.8 Å². The van der Waals surface area contributed by atoms with Crippen LogP contribution in [0.5, 0.6) is 0 Å². The predicted molar refractivity (Wildman–Crippen MR) is 61.1 cm³/mol. The number of carbonyl (C=O) groups excluding carboxylic acids is 1. The van der Waals surface area contributed by atoms with Crippen LogP contribution in [0.3, 0.4) is 0 Å². The second kappa shape index (κ2) is 3.77. The number of hydrogen-bond donors (Lipinski definition) is 2. The van der Waals surface area contributed by atoms with Crippen molar-refractivity contribution in [3.8, 4) is 0 Å². The number of aromatic nitrogens is 1. The van der Waals surface area contributed by atoms with E-state index in [1.165, 1.54) is 5.56 Å². The third kappa shape index (κ3) is 1.73. The van der Waals surface area contributed by atoms with Crippen molar-refractivity contribution in [3.05, 3.63) is 35.5 Å². The summed E-state index contributed by atoms with van der Waals surface area (Å²) in [5.41, 5.74) is 2.90. The molecule has 1 amide bonds. The fourth-order valence-electron chi connectivity index (χ4n) is 1.66. The number of carbonyl (C=O) groups is 1. The van der Waals surface area contributed by atoms with E-state index >= 15 is 0 Å². The SMILES string of the molecule is CCc1ccc2[nH]c(C(=O)NC)cc2c1. The van der Waals surface area contributed by atoms with Gasteiger partial charge >= 0.3 is 0 Å². The van der Waals surface area contributed by atoms with Crippen LogP contribution in [0.25, 0.3) is 10.9 Å². The number of aromatic amines is 1. The average Bonchev–Trinajstić information content (AvgIpc) is 2.70. The van der Waals surface area contributed by atoms with Crippen LogP contribution in [0.1, 0.15) is 23.0 Å². The van der Waals surface area contributed by atoms with Crippen LogP contribution >= 0.6 is 0 Å². The van der Waals surface area contributed by atoms with E-state index < -0.39 is 0 Å². The number of nitrogens with one attached hydrogen (secondary N) is 2. The molecule has 0 aliphatic rings. The molecule has 1 heterocycles. The molecule has 2 rings (SSSR count). The highest BCUT2D eigenvalue weighted by Gasteiger charge is 2.07. The molecule has 0 unspecified atom stereocenters. The van der Waals surface area contributed by atoms with Crippen LogP contribution in [0.2, 0.25) is 0 Å². The highest BCUT2D eigenvalue weighted by molar-refractivity contribution is 5.97. The molecule has 1 aromatic carbocycles. The fraction of sp³-hybridized carbons (Fsp3) is 0.250. The topological polar surface area (TPSA) is 44.9 Å². The van der Waals surface area contributed by atoms with Crippen molar-refractivity contribution in [2.45, 2.75) is 13.3 Å². The van der Waals surface area contributed by atoms with Gasteiger partial charge in [0, 0.05) is 18.0 Å². The molecule has 3 heteroatoms. The molecule has 0 atom stereocenters. The number of benzene rings is 1. The predicted octanol–water partition coefficient (Wildman–Crippen LogP) is 2.09. The standard InChI is InChI=1S/C12H14N2O/c1-3-8-4-5-10-9(6-8)7-11(14-10)12(15)13-2/h4-7,14H,3H2,1-2H3,(H,13,15). The maximum Gasteiger partial charge on any atom is 0.267 e. The molecule has 0 saturated carbocycles. The molecule has 0 spiro atoms. The van der Waals surface area contributed by atoms with Crippen LogP contribution in [0, 0.1) is 0 Å². The Balaban J connectivity index is 2.51. The molecular weight excluding hydrogens is 188 g/mol. The average molecular weight is 202 g/mol. The van der Waals surface area contributed by atoms with Gasteiger partial charge in [0.1, 0.15) is 5.69 Å². The Morgan fingerprint density at radius 2 is 2.20 bits per heavy atom. The van der Waals surface area contributed by atoms with Gasteiger partial charge in [-0.25, -0.2) is 0 Å². The summed E-state index contributed by atoms with van der Waals surface area (Å²) in [6.45, 7) is 2.12. The van der Waals surface area contributed by atoms with Gasteiger partial charge in [-0.1, -0.05) is 13.0 Å². The third-order valence-corrected chi connectivity index (χ3v) is 2.57. The lowest BCUT2D eigenvalue weighted by atomic mass is 10.1. The molecule has 0 aliphatic heterocycles. The minimum absolute atomic E-state index is 0.0794. The second-order valence-electron chi connectivity index (χ2n) is 3.54. The van der Waals surface area contributed by atoms with E-state index in [2.05, 4.69) is 29.4 Å². The highest BCUT2D eigenvalue weighted by Crippen LogP contribution is 2.17. The summed E-state index contributed by atoms with van der Waals surface area (Å²) in [4.78, 5) is 14.5. The quantitative estimate of drug-likeness (QED) is 0.769. The lowest BCUT2D eigenvalue weighted by Gasteiger charge is -1.94. The third-order valence-electron chi connectivity index (χ3n) is 2.57. The van der Waals surface area contributed by atoms with Crippen molar-refractivity contribution in [1.29, 1.82) is 0 Å². The van der Waals surface area contributed by atoms with Crippen LogP contribution in [-0.2, 0) is 6.42 Å². The minimum atomic E-state index is -0.0794. The number of amides is 1. The van der Waals surface area contributed by atoms with Gasteiger partial charge in [0.2, 0.25) is 0 Å². The molecular formula is C12H14N2O. The Bertz CT molecular complexity index is 499. The first-order chi connectivity index (χ1) is 7.24. The van der Waals surface area contributed by atoms with Crippen molar-refractivity contribution in [2.75, 3.05) is 7.05 Å². The molecule has 0 aliphatic carbocycles. The zero-order chi connectivity index (χ0) is 10.8. The Morgan fingerprint density at radius 3 is 2.87 bits per heavy atom. The first-order valence-corrected chi connectivity index (χ1v) is 5.08. The molecule has 1 aromatic heterocycles. The van der Waals surface area contributed by atoms with Gasteiger partial charge in [-0.15, -0.1) is 0 Å². The Hall–Kier alpha value is -1.77. The van der Waals surface area contributed by atoms with Gasteiger partial charge in [0.15, 0.2) is 0 Å². The van der Waals surface area contributed by atoms with E-state index in [9.17, 15) is 4.79 Å². The number of hydrogen-bond acceptors (Lipinski definition) is 1. The molecule has 2 N–H and O–H groups in total. The minimum Gasteiger partial charge on any atom is -0.354 e.